The molecule has 0 unspecified atom stereocenters. The van der Waals surface area contributed by atoms with E-state index in [9.17, 15) is 9.59 Å². The Morgan fingerprint density at radius 1 is 1.00 bits per heavy atom. The maximum atomic E-state index is 13.1. The van der Waals surface area contributed by atoms with Crippen LogP contribution >= 0.6 is 0 Å². The average Bonchev–Trinajstić information content (AvgIpc) is 3.22. The van der Waals surface area contributed by atoms with E-state index in [2.05, 4.69) is 4.90 Å². The molecule has 0 bridgehead atoms. The predicted octanol–water partition coefficient (Wildman–Crippen LogP) is 1.75. The highest BCUT2D eigenvalue weighted by molar-refractivity contribution is 6.01. The second-order valence-corrected chi connectivity index (χ2v) is 7.37. The SMILES string of the molecule is O=C(c1ccccc1N1CCOCC1)N1CCN(C2CCCC2)C(=O)C1. The Kier molecular flexibility index (Phi) is 5.11. The third-order valence-corrected chi connectivity index (χ3v) is 5.80. The third kappa shape index (κ3) is 3.43. The second-order valence-electron chi connectivity index (χ2n) is 7.37. The lowest BCUT2D eigenvalue weighted by molar-refractivity contribution is -0.137. The number of nitrogens with zero attached hydrogens (tertiary/aromatic N) is 3. The van der Waals surface area contributed by atoms with Gasteiger partial charge in [0.1, 0.15) is 6.54 Å². The number of ether oxygens (including phenoxy) is 1. The van der Waals surface area contributed by atoms with Gasteiger partial charge in [-0.3, -0.25) is 9.59 Å². The van der Waals surface area contributed by atoms with Gasteiger partial charge in [0.25, 0.3) is 5.91 Å². The molecule has 26 heavy (non-hydrogen) atoms. The van der Waals surface area contributed by atoms with Crippen molar-refractivity contribution in [2.24, 2.45) is 0 Å². The van der Waals surface area contributed by atoms with Crippen molar-refractivity contribution >= 4 is 17.5 Å². The summed E-state index contributed by atoms with van der Waals surface area (Å²) in [4.78, 5) is 31.7. The molecule has 3 fully saturated rings. The van der Waals surface area contributed by atoms with E-state index >= 15 is 0 Å². The molecule has 0 aromatic heterocycles. The minimum absolute atomic E-state index is 0.0356. The third-order valence-electron chi connectivity index (χ3n) is 5.80. The maximum Gasteiger partial charge on any atom is 0.256 e. The molecular weight excluding hydrogens is 330 g/mol. The minimum atomic E-state index is -0.0356. The first-order chi connectivity index (χ1) is 12.7. The Bertz CT molecular complexity index is 666. The Labute approximate surface area is 154 Å². The zero-order valence-corrected chi connectivity index (χ0v) is 15.2. The lowest BCUT2D eigenvalue weighted by Gasteiger charge is -2.38. The molecular formula is C20H27N3O3. The Morgan fingerprint density at radius 2 is 1.73 bits per heavy atom. The van der Waals surface area contributed by atoms with Crippen LogP contribution in [-0.2, 0) is 9.53 Å². The van der Waals surface area contributed by atoms with Gasteiger partial charge in [-0.05, 0) is 25.0 Å². The van der Waals surface area contributed by atoms with Gasteiger partial charge in [-0.2, -0.15) is 0 Å². The fraction of sp³-hybridized carbons (Fsp3) is 0.600. The number of carbonyl (C=O) groups is 2. The van der Waals surface area contributed by atoms with Crippen LogP contribution in [0.3, 0.4) is 0 Å². The Balaban J connectivity index is 1.47. The molecule has 1 aliphatic carbocycles. The molecule has 6 heteroatoms. The van der Waals surface area contributed by atoms with Gasteiger partial charge in [-0.15, -0.1) is 0 Å². The number of piperazine rings is 1. The summed E-state index contributed by atoms with van der Waals surface area (Å²) >= 11 is 0. The molecule has 2 aliphatic heterocycles. The number of benzene rings is 1. The highest BCUT2D eigenvalue weighted by atomic mass is 16.5. The van der Waals surface area contributed by atoms with Gasteiger partial charge in [-0.25, -0.2) is 0 Å². The molecule has 0 atom stereocenters. The summed E-state index contributed by atoms with van der Waals surface area (Å²) in [5.74, 6) is 0.0619. The molecule has 0 radical (unpaired) electrons. The van der Waals surface area contributed by atoms with E-state index in [4.69, 9.17) is 4.74 Å². The summed E-state index contributed by atoms with van der Waals surface area (Å²) in [6.07, 6.45) is 4.65. The fourth-order valence-corrected chi connectivity index (χ4v) is 4.37. The summed E-state index contributed by atoms with van der Waals surface area (Å²) < 4.78 is 5.43. The highest BCUT2D eigenvalue weighted by Crippen LogP contribution is 2.27. The number of hydrogen-bond donors (Lipinski definition) is 0. The molecule has 2 amide bonds. The van der Waals surface area contributed by atoms with Gasteiger partial charge in [-0.1, -0.05) is 25.0 Å². The predicted molar refractivity (Wildman–Crippen MR) is 99.3 cm³/mol. The van der Waals surface area contributed by atoms with Crippen LogP contribution in [-0.4, -0.2) is 73.6 Å². The van der Waals surface area contributed by atoms with Gasteiger partial charge in [0.2, 0.25) is 5.91 Å². The van der Waals surface area contributed by atoms with Gasteiger partial charge in [0.15, 0.2) is 0 Å². The topological polar surface area (TPSA) is 53.1 Å². The van der Waals surface area contributed by atoms with E-state index in [0.717, 1.165) is 31.6 Å². The van der Waals surface area contributed by atoms with Crippen molar-refractivity contribution in [2.45, 2.75) is 31.7 Å². The van der Waals surface area contributed by atoms with Crippen molar-refractivity contribution in [1.29, 1.82) is 0 Å². The van der Waals surface area contributed by atoms with Gasteiger partial charge in [0.05, 0.1) is 18.8 Å². The number of anilines is 1. The molecule has 140 valence electrons. The molecule has 4 rings (SSSR count). The molecule has 3 aliphatic rings. The van der Waals surface area contributed by atoms with Crippen LogP contribution in [0.4, 0.5) is 5.69 Å². The van der Waals surface area contributed by atoms with Crippen molar-refractivity contribution in [3.8, 4) is 0 Å². The van der Waals surface area contributed by atoms with E-state index in [0.29, 0.717) is 37.9 Å². The second kappa shape index (κ2) is 7.66. The number of para-hydroxylation sites is 1. The normalized spacial score (nSPS) is 22.2. The molecule has 0 spiro atoms. The molecule has 0 N–H and O–H groups in total. The first-order valence-corrected chi connectivity index (χ1v) is 9.74. The van der Waals surface area contributed by atoms with Crippen molar-refractivity contribution in [2.75, 3.05) is 50.8 Å². The first-order valence-electron chi connectivity index (χ1n) is 9.74. The molecule has 6 nitrogen and oxygen atoms in total. The van der Waals surface area contributed by atoms with Crippen LogP contribution in [0, 0.1) is 0 Å². The lowest BCUT2D eigenvalue weighted by Crippen LogP contribution is -2.55. The number of morpholine rings is 1. The van der Waals surface area contributed by atoms with Crippen LogP contribution in [0.5, 0.6) is 0 Å². The van der Waals surface area contributed by atoms with E-state index in [-0.39, 0.29) is 18.4 Å². The van der Waals surface area contributed by atoms with E-state index < -0.39 is 0 Å². The van der Waals surface area contributed by atoms with E-state index in [1.165, 1.54) is 12.8 Å². The lowest BCUT2D eigenvalue weighted by atomic mass is 10.1. The van der Waals surface area contributed by atoms with Crippen LogP contribution < -0.4 is 4.90 Å². The Hall–Kier alpha value is -2.08. The largest absolute Gasteiger partial charge is 0.378 e. The average molecular weight is 357 g/mol. The zero-order valence-electron chi connectivity index (χ0n) is 15.2. The minimum Gasteiger partial charge on any atom is -0.378 e. The van der Waals surface area contributed by atoms with Crippen molar-refractivity contribution in [3.63, 3.8) is 0 Å². The highest BCUT2D eigenvalue weighted by Gasteiger charge is 2.34. The zero-order chi connectivity index (χ0) is 17.9. The summed E-state index contributed by atoms with van der Waals surface area (Å²) in [6.45, 7) is 4.43. The summed E-state index contributed by atoms with van der Waals surface area (Å²) in [5, 5.41) is 0. The van der Waals surface area contributed by atoms with E-state index in [1.807, 2.05) is 29.2 Å². The molecule has 2 saturated heterocycles. The quantitative estimate of drug-likeness (QED) is 0.827. The molecule has 1 aromatic rings. The van der Waals surface area contributed by atoms with Crippen LogP contribution in [0.15, 0.2) is 24.3 Å². The van der Waals surface area contributed by atoms with Gasteiger partial charge >= 0.3 is 0 Å². The number of carbonyl (C=O) groups excluding carboxylic acids is 2. The smallest absolute Gasteiger partial charge is 0.256 e. The number of amides is 2. The van der Waals surface area contributed by atoms with Crippen LogP contribution in [0.1, 0.15) is 36.0 Å². The van der Waals surface area contributed by atoms with Crippen molar-refractivity contribution < 1.29 is 14.3 Å². The number of hydrogen-bond acceptors (Lipinski definition) is 4. The van der Waals surface area contributed by atoms with Crippen molar-refractivity contribution in [3.05, 3.63) is 29.8 Å². The summed E-state index contributed by atoms with van der Waals surface area (Å²) in [6, 6.07) is 8.12. The standard InChI is InChI=1S/C20H27N3O3/c24-19-15-22(9-10-23(19)16-5-1-2-6-16)20(25)17-7-3-4-8-18(17)21-11-13-26-14-12-21/h3-4,7-8,16H,1-2,5-6,9-15H2. The van der Waals surface area contributed by atoms with Gasteiger partial charge < -0.3 is 19.4 Å². The summed E-state index contributed by atoms with van der Waals surface area (Å²) in [5.41, 5.74) is 1.64. The first kappa shape index (κ1) is 17.3. The fourth-order valence-electron chi connectivity index (χ4n) is 4.37. The van der Waals surface area contributed by atoms with Crippen LogP contribution in [0.2, 0.25) is 0 Å². The van der Waals surface area contributed by atoms with Crippen LogP contribution in [0.25, 0.3) is 0 Å². The van der Waals surface area contributed by atoms with Gasteiger partial charge in [0, 0.05) is 37.9 Å². The Morgan fingerprint density at radius 3 is 2.46 bits per heavy atom. The van der Waals surface area contributed by atoms with E-state index in [1.54, 1.807) is 4.90 Å². The monoisotopic (exact) mass is 357 g/mol. The van der Waals surface area contributed by atoms with Crippen molar-refractivity contribution in [1.82, 2.24) is 9.80 Å². The molecule has 1 saturated carbocycles. The maximum absolute atomic E-state index is 13.1. The molecule has 2 heterocycles. The summed E-state index contributed by atoms with van der Waals surface area (Å²) in [7, 11) is 0. The number of rotatable bonds is 3. The molecule has 1 aromatic carbocycles.